The Morgan fingerprint density at radius 3 is 2.41 bits per heavy atom. The number of likely N-dealkylation sites (tertiary alicyclic amines) is 1. The molecule has 1 unspecified atom stereocenters. The Hall–Kier alpha value is -0.890. The van der Waals surface area contributed by atoms with Crippen LogP contribution < -0.4 is 0 Å². The van der Waals surface area contributed by atoms with Gasteiger partial charge in [0.25, 0.3) is 0 Å². The minimum absolute atomic E-state index is 0.199. The van der Waals surface area contributed by atoms with Crippen molar-refractivity contribution in [2.45, 2.75) is 25.0 Å². The van der Waals surface area contributed by atoms with Crippen LogP contribution in [0.2, 0.25) is 0 Å². The molecule has 1 saturated heterocycles. The van der Waals surface area contributed by atoms with E-state index in [1.165, 1.54) is 0 Å². The van der Waals surface area contributed by atoms with Crippen LogP contribution in [-0.4, -0.2) is 29.2 Å². The Labute approximate surface area is 110 Å². The van der Waals surface area contributed by atoms with Gasteiger partial charge in [0.05, 0.1) is 12.2 Å². The molecule has 0 saturated carbocycles. The van der Waals surface area contributed by atoms with Crippen molar-refractivity contribution < 1.29 is 5.11 Å². The van der Waals surface area contributed by atoms with Crippen LogP contribution in [0.15, 0.2) is 28.7 Å². The molecule has 4 heteroatoms. The van der Waals surface area contributed by atoms with Crippen molar-refractivity contribution in [2.24, 2.45) is 0 Å². The first-order chi connectivity index (χ1) is 8.20. The molecule has 0 radical (unpaired) electrons. The summed E-state index contributed by atoms with van der Waals surface area (Å²) in [5.74, 6) is 0. The maximum Gasteiger partial charge on any atom is 0.123 e. The van der Waals surface area contributed by atoms with Crippen molar-refractivity contribution in [3.8, 4) is 6.07 Å². The number of rotatable bonds is 2. The van der Waals surface area contributed by atoms with E-state index >= 15 is 0 Å². The molecule has 0 bridgehead atoms. The van der Waals surface area contributed by atoms with E-state index < -0.39 is 0 Å². The first kappa shape index (κ1) is 12.6. The average Bonchev–Trinajstić information content (AvgIpc) is 2.35. The van der Waals surface area contributed by atoms with Crippen molar-refractivity contribution in [2.75, 3.05) is 13.1 Å². The molecule has 1 heterocycles. The molecule has 17 heavy (non-hydrogen) atoms. The molecule has 1 fully saturated rings. The quantitative estimate of drug-likeness (QED) is 0.911. The van der Waals surface area contributed by atoms with Crippen LogP contribution in [0.1, 0.15) is 24.4 Å². The van der Waals surface area contributed by atoms with Gasteiger partial charge in [-0.2, -0.15) is 5.26 Å². The van der Waals surface area contributed by atoms with Crippen molar-refractivity contribution in [3.63, 3.8) is 0 Å². The Bertz CT molecular complexity index is 404. The number of hydrogen-bond acceptors (Lipinski definition) is 3. The molecule has 0 aliphatic carbocycles. The summed E-state index contributed by atoms with van der Waals surface area (Å²) in [6, 6.07) is 10.0. The third-order valence-corrected chi connectivity index (χ3v) is 3.70. The van der Waals surface area contributed by atoms with E-state index in [2.05, 4.69) is 26.9 Å². The van der Waals surface area contributed by atoms with Gasteiger partial charge in [-0.05, 0) is 30.5 Å². The Balaban J connectivity index is 2.11. The van der Waals surface area contributed by atoms with E-state index in [0.717, 1.165) is 36.0 Å². The highest BCUT2D eigenvalue weighted by atomic mass is 79.9. The third kappa shape index (κ3) is 3.06. The van der Waals surface area contributed by atoms with Crippen LogP contribution in [0.3, 0.4) is 0 Å². The van der Waals surface area contributed by atoms with E-state index in [0.29, 0.717) is 0 Å². The highest BCUT2D eigenvalue weighted by Crippen LogP contribution is 2.25. The van der Waals surface area contributed by atoms with Gasteiger partial charge in [-0.3, -0.25) is 4.90 Å². The van der Waals surface area contributed by atoms with Crippen LogP contribution >= 0.6 is 15.9 Å². The number of benzene rings is 1. The standard InChI is InChI=1S/C13H15BrN2O/c14-11-3-1-10(2-4-11)13(9-15)16-7-5-12(17)6-8-16/h1-4,12-13,17H,5-8H2. The van der Waals surface area contributed by atoms with Crippen LogP contribution in [0, 0.1) is 11.3 Å². The fourth-order valence-electron chi connectivity index (χ4n) is 2.16. The van der Waals surface area contributed by atoms with E-state index in [1.54, 1.807) is 0 Å². The van der Waals surface area contributed by atoms with Gasteiger partial charge < -0.3 is 5.11 Å². The maximum atomic E-state index is 9.47. The second-order valence-electron chi connectivity index (χ2n) is 4.35. The fraction of sp³-hybridized carbons (Fsp3) is 0.462. The summed E-state index contributed by atoms with van der Waals surface area (Å²) in [6.45, 7) is 1.57. The zero-order valence-electron chi connectivity index (χ0n) is 9.51. The second kappa shape index (κ2) is 5.63. The minimum atomic E-state index is -0.199. The SMILES string of the molecule is N#CC(c1ccc(Br)cc1)N1CCC(O)CC1. The monoisotopic (exact) mass is 294 g/mol. The van der Waals surface area contributed by atoms with Crippen LogP contribution in [0.4, 0.5) is 0 Å². The molecule has 3 nitrogen and oxygen atoms in total. The molecule has 1 aromatic rings. The van der Waals surface area contributed by atoms with Crippen LogP contribution in [0.25, 0.3) is 0 Å². The topological polar surface area (TPSA) is 47.3 Å². The molecule has 90 valence electrons. The third-order valence-electron chi connectivity index (χ3n) is 3.17. The fourth-order valence-corrected chi connectivity index (χ4v) is 2.42. The van der Waals surface area contributed by atoms with Gasteiger partial charge in [-0.15, -0.1) is 0 Å². The predicted octanol–water partition coefficient (Wildman–Crippen LogP) is 2.47. The van der Waals surface area contributed by atoms with E-state index in [-0.39, 0.29) is 12.1 Å². The molecule has 1 aliphatic heterocycles. The molecule has 2 rings (SSSR count). The molecular weight excluding hydrogens is 280 g/mol. The summed E-state index contributed by atoms with van der Waals surface area (Å²) in [5.41, 5.74) is 1.02. The molecule has 1 aromatic carbocycles. The molecular formula is C13H15BrN2O. The number of halogens is 1. The van der Waals surface area contributed by atoms with E-state index in [1.807, 2.05) is 24.3 Å². The summed E-state index contributed by atoms with van der Waals surface area (Å²) in [7, 11) is 0. The zero-order valence-corrected chi connectivity index (χ0v) is 11.1. The van der Waals surface area contributed by atoms with Crippen LogP contribution in [-0.2, 0) is 0 Å². The summed E-state index contributed by atoms with van der Waals surface area (Å²) in [4.78, 5) is 2.13. The van der Waals surface area contributed by atoms with Gasteiger partial charge in [0.1, 0.15) is 6.04 Å². The summed E-state index contributed by atoms with van der Waals surface area (Å²) in [6.07, 6.45) is 1.32. The summed E-state index contributed by atoms with van der Waals surface area (Å²) in [5, 5.41) is 18.8. The highest BCUT2D eigenvalue weighted by molar-refractivity contribution is 9.10. The van der Waals surface area contributed by atoms with E-state index in [4.69, 9.17) is 0 Å². The first-order valence-electron chi connectivity index (χ1n) is 5.78. The lowest BCUT2D eigenvalue weighted by Gasteiger charge is -2.32. The van der Waals surface area contributed by atoms with Crippen molar-refractivity contribution in [3.05, 3.63) is 34.3 Å². The number of piperidine rings is 1. The minimum Gasteiger partial charge on any atom is -0.393 e. The van der Waals surface area contributed by atoms with Crippen LogP contribution in [0.5, 0.6) is 0 Å². The summed E-state index contributed by atoms with van der Waals surface area (Å²) < 4.78 is 1.02. The van der Waals surface area contributed by atoms with Crippen molar-refractivity contribution in [1.29, 1.82) is 5.26 Å². The molecule has 0 aromatic heterocycles. The van der Waals surface area contributed by atoms with Gasteiger partial charge in [-0.1, -0.05) is 28.1 Å². The zero-order chi connectivity index (χ0) is 12.3. The Morgan fingerprint density at radius 2 is 1.88 bits per heavy atom. The molecule has 0 amide bonds. The Kier molecular flexibility index (Phi) is 4.16. The van der Waals surface area contributed by atoms with Gasteiger partial charge in [-0.25, -0.2) is 0 Å². The Morgan fingerprint density at radius 1 is 1.29 bits per heavy atom. The smallest absolute Gasteiger partial charge is 0.123 e. The highest BCUT2D eigenvalue weighted by Gasteiger charge is 2.24. The van der Waals surface area contributed by atoms with Crippen molar-refractivity contribution >= 4 is 15.9 Å². The van der Waals surface area contributed by atoms with Gasteiger partial charge in [0.2, 0.25) is 0 Å². The van der Waals surface area contributed by atoms with Gasteiger partial charge in [0, 0.05) is 17.6 Å². The molecule has 1 N–H and O–H groups in total. The lowest BCUT2D eigenvalue weighted by molar-refractivity contribution is 0.0716. The molecule has 0 spiro atoms. The number of aliphatic hydroxyl groups is 1. The molecule has 1 aliphatic rings. The predicted molar refractivity (Wildman–Crippen MR) is 69.3 cm³/mol. The maximum absolute atomic E-state index is 9.47. The largest absolute Gasteiger partial charge is 0.393 e. The van der Waals surface area contributed by atoms with E-state index in [9.17, 15) is 10.4 Å². The number of aliphatic hydroxyl groups excluding tert-OH is 1. The number of nitriles is 1. The number of hydrogen-bond donors (Lipinski definition) is 1. The number of nitrogens with zero attached hydrogens (tertiary/aromatic N) is 2. The second-order valence-corrected chi connectivity index (χ2v) is 5.27. The lowest BCUT2D eigenvalue weighted by Crippen LogP contribution is -2.38. The summed E-state index contributed by atoms with van der Waals surface area (Å²) >= 11 is 3.39. The normalized spacial score (nSPS) is 19.8. The first-order valence-corrected chi connectivity index (χ1v) is 6.57. The van der Waals surface area contributed by atoms with Crippen molar-refractivity contribution in [1.82, 2.24) is 4.90 Å². The average molecular weight is 295 g/mol. The molecule has 1 atom stereocenters. The van der Waals surface area contributed by atoms with Gasteiger partial charge in [0.15, 0.2) is 0 Å². The lowest BCUT2D eigenvalue weighted by atomic mass is 10.0. The van der Waals surface area contributed by atoms with Gasteiger partial charge >= 0.3 is 0 Å².